The van der Waals surface area contributed by atoms with Crippen molar-refractivity contribution in [3.05, 3.63) is 62.7 Å². The molecule has 4 heterocycles. The van der Waals surface area contributed by atoms with E-state index in [1.807, 2.05) is 22.8 Å². The smallest absolute Gasteiger partial charge is 0.329 e. The summed E-state index contributed by atoms with van der Waals surface area (Å²) in [5, 5.41) is 7.07. The van der Waals surface area contributed by atoms with Gasteiger partial charge in [0.15, 0.2) is 6.61 Å². The zero-order chi connectivity index (χ0) is 28.6. The molecular formula is C27H32BrF3N6O3. The summed E-state index contributed by atoms with van der Waals surface area (Å²) in [7, 11) is 0.500. The predicted molar refractivity (Wildman–Crippen MR) is 151 cm³/mol. The van der Waals surface area contributed by atoms with Gasteiger partial charge >= 0.3 is 5.69 Å². The summed E-state index contributed by atoms with van der Waals surface area (Å²) in [6.45, 7) is 7.07. The number of imidazole rings is 1. The summed E-state index contributed by atoms with van der Waals surface area (Å²) < 4.78 is 49.5. The molecule has 2 aromatic heterocycles. The summed E-state index contributed by atoms with van der Waals surface area (Å²) in [5.41, 5.74) is 2.64. The van der Waals surface area contributed by atoms with Crippen molar-refractivity contribution in [3.8, 4) is 0 Å². The van der Waals surface area contributed by atoms with Crippen LogP contribution in [0, 0.1) is 5.92 Å². The molecule has 2 saturated heterocycles. The van der Waals surface area contributed by atoms with Crippen molar-refractivity contribution in [2.24, 2.45) is 16.1 Å². The molecule has 0 amide bonds. The molecule has 0 saturated carbocycles. The number of halogens is 4. The minimum Gasteiger partial charge on any atom is -0.470 e. The molecule has 0 unspecified atom stereocenters. The van der Waals surface area contributed by atoms with Crippen LogP contribution in [0.4, 0.5) is 13.2 Å². The number of benzene rings is 1. The van der Waals surface area contributed by atoms with Crippen LogP contribution in [0.3, 0.4) is 0 Å². The number of nitrogens with zero attached hydrogens (tertiary/aromatic N) is 6. The summed E-state index contributed by atoms with van der Waals surface area (Å²) in [5.74, 6) is 0.332. The lowest BCUT2D eigenvalue weighted by Crippen LogP contribution is -2.52. The first kappa shape index (κ1) is 29.9. The van der Waals surface area contributed by atoms with Crippen molar-refractivity contribution >= 4 is 39.6 Å². The molecule has 2 fully saturated rings. The fourth-order valence-electron chi connectivity index (χ4n) is 5.00. The normalized spacial score (nSPS) is 17.0. The van der Waals surface area contributed by atoms with E-state index in [1.165, 1.54) is 6.20 Å². The second-order valence-corrected chi connectivity index (χ2v) is 10.5. The zero-order valence-electron chi connectivity index (χ0n) is 22.2. The van der Waals surface area contributed by atoms with Crippen LogP contribution in [0.5, 0.6) is 0 Å². The number of rotatable bonds is 9. The second kappa shape index (κ2) is 14.0. The molecule has 2 aliphatic rings. The molecule has 13 heteroatoms. The monoisotopic (exact) mass is 624 g/mol. The van der Waals surface area contributed by atoms with Gasteiger partial charge in [-0.05, 0) is 62.2 Å². The second-order valence-electron chi connectivity index (χ2n) is 9.57. The number of hydrogen-bond acceptors (Lipinski definition) is 7. The first-order valence-electron chi connectivity index (χ1n) is 12.9. The molecule has 1 aromatic carbocycles. The summed E-state index contributed by atoms with van der Waals surface area (Å²) >= 11 is 3.55. The molecular weight excluding hydrogens is 593 g/mol. The lowest BCUT2D eigenvalue weighted by atomic mass is 9.95. The molecule has 216 valence electrons. The number of piperidine rings is 1. The van der Waals surface area contributed by atoms with Gasteiger partial charge in [0, 0.05) is 23.9 Å². The Balaban J connectivity index is 0.00000181. The van der Waals surface area contributed by atoms with Gasteiger partial charge in [0.25, 0.3) is 6.43 Å². The molecule has 0 bridgehead atoms. The van der Waals surface area contributed by atoms with Crippen molar-refractivity contribution in [2.45, 2.75) is 38.4 Å². The van der Waals surface area contributed by atoms with Gasteiger partial charge < -0.3 is 9.47 Å². The third kappa shape index (κ3) is 6.99. The molecule has 0 atom stereocenters. The largest absolute Gasteiger partial charge is 0.470 e. The maximum Gasteiger partial charge on any atom is 0.329 e. The van der Waals surface area contributed by atoms with Gasteiger partial charge in [-0.3, -0.25) is 23.4 Å². The Labute approximate surface area is 238 Å². The van der Waals surface area contributed by atoms with Gasteiger partial charge in [-0.2, -0.15) is 5.10 Å². The number of hydrogen-bond donors (Lipinski definition) is 0. The number of likely N-dealkylation sites (tertiary alicyclic amines) is 1. The van der Waals surface area contributed by atoms with E-state index in [0.29, 0.717) is 36.9 Å². The van der Waals surface area contributed by atoms with Gasteiger partial charge in [0.05, 0.1) is 55.3 Å². The highest BCUT2D eigenvalue weighted by molar-refractivity contribution is 9.10. The highest BCUT2D eigenvalue weighted by Gasteiger charge is 2.30. The van der Waals surface area contributed by atoms with Crippen LogP contribution in [0.15, 0.2) is 56.0 Å². The lowest BCUT2D eigenvalue weighted by Gasteiger charge is -2.41. The number of ether oxygens (including phenoxy) is 2. The maximum atomic E-state index is 13.6. The quantitative estimate of drug-likeness (QED) is 0.201. The van der Waals surface area contributed by atoms with E-state index in [4.69, 9.17) is 9.47 Å². The van der Waals surface area contributed by atoms with Crippen molar-refractivity contribution in [3.63, 3.8) is 0 Å². The van der Waals surface area contributed by atoms with E-state index in [1.54, 1.807) is 16.7 Å². The number of alkyl halides is 3. The number of aromatic nitrogens is 3. The van der Waals surface area contributed by atoms with Crippen LogP contribution in [-0.2, 0) is 22.6 Å². The lowest BCUT2D eigenvalue weighted by molar-refractivity contribution is -0.0742. The van der Waals surface area contributed by atoms with E-state index in [9.17, 15) is 18.0 Å². The third-order valence-electron chi connectivity index (χ3n) is 7.11. The molecule has 0 aliphatic carbocycles. The average Bonchev–Trinajstić information content (AvgIpc) is 3.17. The first-order chi connectivity index (χ1) is 19.4. The van der Waals surface area contributed by atoms with Crippen LogP contribution in [0.25, 0.3) is 11.0 Å². The Morgan fingerprint density at radius 3 is 2.52 bits per heavy atom. The topological polar surface area (TPSA) is 86.2 Å². The Bertz CT molecular complexity index is 1370. The third-order valence-corrected chi connectivity index (χ3v) is 7.60. The molecule has 3 aromatic rings. The maximum absolute atomic E-state index is 13.6. The summed E-state index contributed by atoms with van der Waals surface area (Å²) in [4.78, 5) is 20.6. The zero-order valence-corrected chi connectivity index (χ0v) is 23.8. The first-order valence-corrected chi connectivity index (χ1v) is 13.7. The molecule has 0 N–H and O–H groups in total. The molecule has 0 radical (unpaired) electrons. The van der Waals surface area contributed by atoms with E-state index in [-0.39, 0.29) is 18.1 Å². The minimum atomic E-state index is -2.65. The molecule has 40 heavy (non-hydrogen) atoms. The summed E-state index contributed by atoms with van der Waals surface area (Å²) in [6.07, 6.45) is 0.909. The van der Waals surface area contributed by atoms with Crippen molar-refractivity contribution in [1.82, 2.24) is 19.0 Å². The Hall–Kier alpha value is -3.03. The fraction of sp³-hybridized carbons (Fsp3) is 0.481. The van der Waals surface area contributed by atoms with Crippen LogP contribution in [0.2, 0.25) is 0 Å². The van der Waals surface area contributed by atoms with E-state index in [0.717, 1.165) is 54.7 Å². The van der Waals surface area contributed by atoms with Gasteiger partial charge in [0.1, 0.15) is 0 Å². The van der Waals surface area contributed by atoms with Crippen LogP contribution >= 0.6 is 15.9 Å². The molecule has 0 spiro atoms. The standard InChI is InChI=1S/C26H29BrF2N6O3.CH3F/c1-30-32-25(38-16-24(28)29)18-2-4-20(31-11-18)13-35-22-5-3-19(27)10-23(22)34(26(35)36)12-17-6-8-33(9-7-17)21-14-37-15-21;1-2/h2-5,10-11,17,21,24H,1,6-9,12-16H2;1H3/b32-25-;. The minimum absolute atomic E-state index is 0.0859. The van der Waals surface area contributed by atoms with Gasteiger partial charge in [-0.15, -0.1) is 5.10 Å². The van der Waals surface area contributed by atoms with Crippen LogP contribution in [-0.4, -0.2) is 84.2 Å². The van der Waals surface area contributed by atoms with E-state index in [2.05, 4.69) is 42.7 Å². The number of pyridine rings is 1. The Morgan fingerprint density at radius 1 is 1.18 bits per heavy atom. The molecule has 9 nitrogen and oxygen atoms in total. The molecule has 2 aliphatic heterocycles. The van der Waals surface area contributed by atoms with E-state index >= 15 is 0 Å². The van der Waals surface area contributed by atoms with Crippen LogP contribution in [0.1, 0.15) is 24.1 Å². The van der Waals surface area contributed by atoms with Crippen molar-refractivity contribution in [1.29, 1.82) is 0 Å². The number of fused-ring (bicyclic) bond motifs is 1. The highest BCUT2D eigenvalue weighted by Crippen LogP contribution is 2.26. The van der Waals surface area contributed by atoms with Gasteiger partial charge in [-0.25, -0.2) is 13.6 Å². The fourth-order valence-corrected chi connectivity index (χ4v) is 5.35. The van der Waals surface area contributed by atoms with Crippen molar-refractivity contribution < 1.29 is 22.6 Å². The van der Waals surface area contributed by atoms with Gasteiger partial charge in [-0.1, -0.05) is 15.9 Å². The predicted octanol–water partition coefficient (Wildman–Crippen LogP) is 4.35. The molecule has 5 rings (SSSR count). The SMILES string of the molecule is C=N/N=C(\OCC(F)F)c1ccc(Cn2c(=O)n(CC3CCN(C4COC4)CC3)c3cc(Br)ccc32)nc1.CF. The van der Waals surface area contributed by atoms with E-state index < -0.39 is 13.0 Å². The highest BCUT2D eigenvalue weighted by atomic mass is 79.9. The average molecular weight is 625 g/mol. The Morgan fingerprint density at radius 2 is 1.93 bits per heavy atom. The Kier molecular flexibility index (Phi) is 10.5. The van der Waals surface area contributed by atoms with Crippen LogP contribution < -0.4 is 5.69 Å². The van der Waals surface area contributed by atoms with Gasteiger partial charge in [0.2, 0.25) is 5.90 Å². The summed E-state index contributed by atoms with van der Waals surface area (Å²) in [6, 6.07) is 9.75. The van der Waals surface area contributed by atoms with Crippen molar-refractivity contribution in [2.75, 3.05) is 40.1 Å².